The first-order chi connectivity index (χ1) is 13.0. The molecule has 2 aliphatic rings. The van der Waals surface area contributed by atoms with E-state index in [-0.39, 0.29) is 11.9 Å². The maximum absolute atomic E-state index is 13.0. The summed E-state index contributed by atoms with van der Waals surface area (Å²) in [5.41, 5.74) is -0.390. The number of aromatic nitrogens is 3. The lowest BCUT2D eigenvalue weighted by Crippen LogP contribution is -2.63. The number of thiazole rings is 1. The number of piperidine rings is 2. The van der Waals surface area contributed by atoms with E-state index >= 15 is 0 Å². The van der Waals surface area contributed by atoms with Gasteiger partial charge in [-0.3, -0.25) is 9.59 Å². The Morgan fingerprint density at radius 3 is 2.78 bits per heavy atom. The molecule has 2 aromatic rings. The van der Waals surface area contributed by atoms with E-state index in [0.29, 0.717) is 42.5 Å². The average Bonchev–Trinajstić information content (AvgIpc) is 3.18. The highest BCUT2D eigenvalue weighted by molar-refractivity contribution is 7.13. The van der Waals surface area contributed by atoms with Crippen LogP contribution >= 0.6 is 11.3 Å². The highest BCUT2D eigenvalue weighted by atomic mass is 32.1. The van der Waals surface area contributed by atoms with E-state index in [0.717, 1.165) is 13.0 Å². The minimum atomic E-state index is -0.755. The molecule has 4 heterocycles. The summed E-state index contributed by atoms with van der Waals surface area (Å²) in [6.07, 6.45) is 5.30. The number of rotatable bonds is 3. The normalized spacial score (nSPS) is 25.8. The molecule has 2 atom stereocenters. The highest BCUT2D eigenvalue weighted by Crippen LogP contribution is 2.42. The summed E-state index contributed by atoms with van der Waals surface area (Å²) in [7, 11) is 1.95. The second-order valence-corrected chi connectivity index (χ2v) is 8.03. The Morgan fingerprint density at radius 2 is 2.04 bits per heavy atom. The first-order valence-corrected chi connectivity index (χ1v) is 9.85. The van der Waals surface area contributed by atoms with Crippen molar-refractivity contribution in [1.82, 2.24) is 24.8 Å². The van der Waals surface area contributed by atoms with Gasteiger partial charge in [0, 0.05) is 36.9 Å². The SMILES string of the molecule is CN1CCC[C@]2(C(=O)O)CCN(C(=O)c3csc(-c4ncccn4)n3)C[C@@H]12. The molecule has 0 bridgehead atoms. The van der Waals surface area contributed by atoms with Gasteiger partial charge in [0.2, 0.25) is 0 Å². The van der Waals surface area contributed by atoms with Crippen molar-refractivity contribution in [2.75, 3.05) is 26.7 Å². The summed E-state index contributed by atoms with van der Waals surface area (Å²) >= 11 is 1.33. The number of likely N-dealkylation sites (N-methyl/N-ethyl adjacent to an activating group) is 1. The van der Waals surface area contributed by atoms with Crippen LogP contribution in [0.2, 0.25) is 0 Å². The van der Waals surface area contributed by atoms with E-state index in [4.69, 9.17) is 0 Å². The molecule has 8 nitrogen and oxygen atoms in total. The lowest BCUT2D eigenvalue weighted by atomic mass is 9.68. The van der Waals surface area contributed by atoms with Crippen LogP contribution in [0.25, 0.3) is 10.8 Å². The van der Waals surface area contributed by atoms with Crippen molar-refractivity contribution >= 4 is 23.2 Å². The lowest BCUT2D eigenvalue weighted by molar-refractivity contribution is -0.161. The number of hydrogen-bond donors (Lipinski definition) is 1. The number of carbonyl (C=O) groups is 2. The second kappa shape index (κ2) is 6.97. The minimum Gasteiger partial charge on any atom is -0.481 e. The molecule has 0 saturated carbocycles. The average molecular weight is 387 g/mol. The van der Waals surface area contributed by atoms with E-state index in [2.05, 4.69) is 19.9 Å². The molecule has 4 rings (SSSR count). The van der Waals surface area contributed by atoms with E-state index < -0.39 is 11.4 Å². The van der Waals surface area contributed by atoms with Crippen LogP contribution in [0.15, 0.2) is 23.8 Å². The van der Waals surface area contributed by atoms with Crippen molar-refractivity contribution in [3.8, 4) is 10.8 Å². The molecule has 1 amide bonds. The number of hydrogen-bond acceptors (Lipinski definition) is 7. The summed E-state index contributed by atoms with van der Waals surface area (Å²) < 4.78 is 0. The van der Waals surface area contributed by atoms with Gasteiger partial charge in [-0.05, 0) is 38.9 Å². The van der Waals surface area contributed by atoms with Crippen molar-refractivity contribution in [2.24, 2.45) is 5.41 Å². The first-order valence-electron chi connectivity index (χ1n) is 8.97. The van der Waals surface area contributed by atoms with Crippen molar-refractivity contribution in [3.05, 3.63) is 29.5 Å². The van der Waals surface area contributed by atoms with E-state index in [1.54, 1.807) is 28.7 Å². The number of carboxylic acids is 1. The molecule has 27 heavy (non-hydrogen) atoms. The maximum atomic E-state index is 13.0. The molecule has 9 heteroatoms. The molecule has 0 unspecified atom stereocenters. The molecule has 2 aromatic heterocycles. The predicted octanol–water partition coefficient (Wildman–Crippen LogP) is 1.61. The van der Waals surface area contributed by atoms with Crippen molar-refractivity contribution < 1.29 is 14.7 Å². The predicted molar refractivity (Wildman–Crippen MR) is 99.4 cm³/mol. The molecular weight excluding hydrogens is 366 g/mol. The number of likely N-dealkylation sites (tertiary alicyclic amines) is 2. The summed E-state index contributed by atoms with van der Waals surface area (Å²) in [6.45, 7) is 1.70. The monoisotopic (exact) mass is 387 g/mol. The van der Waals surface area contributed by atoms with Gasteiger partial charge in [0.05, 0.1) is 5.41 Å². The van der Waals surface area contributed by atoms with Crippen LogP contribution in [0.4, 0.5) is 0 Å². The van der Waals surface area contributed by atoms with E-state index in [1.807, 2.05) is 7.05 Å². The van der Waals surface area contributed by atoms with Crippen LogP contribution in [0, 0.1) is 5.41 Å². The van der Waals surface area contributed by atoms with Gasteiger partial charge >= 0.3 is 5.97 Å². The van der Waals surface area contributed by atoms with Gasteiger partial charge in [0.15, 0.2) is 10.8 Å². The molecular formula is C18H21N5O3S. The quantitative estimate of drug-likeness (QED) is 0.854. The van der Waals surface area contributed by atoms with Crippen LogP contribution in [0.1, 0.15) is 29.8 Å². The zero-order valence-electron chi connectivity index (χ0n) is 15.0. The van der Waals surface area contributed by atoms with Gasteiger partial charge in [-0.1, -0.05) is 0 Å². The Bertz CT molecular complexity index is 858. The molecule has 2 saturated heterocycles. The van der Waals surface area contributed by atoms with Gasteiger partial charge in [0.25, 0.3) is 5.91 Å². The van der Waals surface area contributed by atoms with Crippen LogP contribution in [-0.2, 0) is 4.79 Å². The van der Waals surface area contributed by atoms with Crippen LogP contribution in [0.3, 0.4) is 0 Å². The van der Waals surface area contributed by atoms with Crippen LogP contribution < -0.4 is 0 Å². The Labute approximate surface area is 160 Å². The van der Waals surface area contributed by atoms with Crippen molar-refractivity contribution in [3.63, 3.8) is 0 Å². The van der Waals surface area contributed by atoms with Crippen LogP contribution in [0.5, 0.6) is 0 Å². The molecule has 2 aliphatic heterocycles. The molecule has 1 N–H and O–H groups in total. The van der Waals surface area contributed by atoms with Crippen molar-refractivity contribution in [1.29, 1.82) is 0 Å². The molecule has 142 valence electrons. The van der Waals surface area contributed by atoms with Crippen molar-refractivity contribution in [2.45, 2.75) is 25.3 Å². The van der Waals surface area contributed by atoms with Crippen LogP contribution in [-0.4, -0.2) is 74.5 Å². The number of carbonyl (C=O) groups excluding carboxylic acids is 1. The summed E-state index contributed by atoms with van der Waals surface area (Å²) in [4.78, 5) is 41.5. The Morgan fingerprint density at radius 1 is 1.26 bits per heavy atom. The Kier molecular flexibility index (Phi) is 4.65. The third-order valence-electron chi connectivity index (χ3n) is 5.72. The third-order valence-corrected chi connectivity index (χ3v) is 6.56. The van der Waals surface area contributed by atoms with Gasteiger partial charge in [-0.15, -0.1) is 11.3 Å². The standard InChI is InChI=1S/C18H21N5O3S/c1-22-8-2-4-18(17(25)26)5-9-23(10-13(18)22)16(24)12-11-27-15(21-12)14-19-6-3-7-20-14/h3,6-7,11,13H,2,4-5,8-10H2,1H3,(H,25,26)/t13-,18+/m1/s1. The first kappa shape index (κ1) is 18.0. The summed E-state index contributed by atoms with van der Waals surface area (Å²) in [6, 6.07) is 1.56. The number of fused-ring (bicyclic) bond motifs is 1. The fraction of sp³-hybridized carbons (Fsp3) is 0.500. The molecule has 0 spiro atoms. The third kappa shape index (κ3) is 3.10. The van der Waals surface area contributed by atoms with E-state index in [9.17, 15) is 14.7 Å². The summed E-state index contributed by atoms with van der Waals surface area (Å²) in [5, 5.41) is 12.2. The topological polar surface area (TPSA) is 99.5 Å². The molecule has 0 aliphatic carbocycles. The van der Waals surface area contributed by atoms with E-state index in [1.165, 1.54) is 11.3 Å². The Balaban J connectivity index is 1.54. The van der Waals surface area contributed by atoms with Gasteiger partial charge in [-0.25, -0.2) is 15.0 Å². The van der Waals surface area contributed by atoms with Gasteiger partial charge in [0.1, 0.15) is 5.69 Å². The number of amides is 1. The fourth-order valence-corrected chi connectivity index (χ4v) is 4.95. The number of aliphatic carboxylic acids is 1. The zero-order valence-corrected chi connectivity index (χ0v) is 15.9. The Hall–Kier alpha value is -2.39. The lowest BCUT2D eigenvalue weighted by Gasteiger charge is -2.51. The largest absolute Gasteiger partial charge is 0.481 e. The molecule has 2 fully saturated rings. The zero-order chi connectivity index (χ0) is 19.0. The highest BCUT2D eigenvalue weighted by Gasteiger charge is 2.52. The summed E-state index contributed by atoms with van der Waals surface area (Å²) in [5.74, 6) is -0.410. The molecule has 0 radical (unpaired) electrons. The second-order valence-electron chi connectivity index (χ2n) is 7.17. The van der Waals surface area contributed by atoms with Gasteiger partial charge in [-0.2, -0.15) is 0 Å². The fourth-order valence-electron chi connectivity index (χ4n) is 4.22. The van der Waals surface area contributed by atoms with Gasteiger partial charge < -0.3 is 14.9 Å². The smallest absolute Gasteiger partial charge is 0.311 e. The maximum Gasteiger partial charge on any atom is 0.311 e. The molecule has 0 aromatic carbocycles. The number of nitrogens with zero attached hydrogens (tertiary/aromatic N) is 5. The minimum absolute atomic E-state index is 0.161. The number of carboxylic acid groups (broad SMARTS) is 1.